The molecule has 17 heavy (non-hydrogen) atoms. The van der Waals surface area contributed by atoms with Gasteiger partial charge in [-0.2, -0.15) is 0 Å². The average Bonchev–Trinajstić information content (AvgIpc) is 2.82. The van der Waals surface area contributed by atoms with Crippen LogP contribution in [0, 0.1) is 5.82 Å². The molecule has 2 rings (SSSR count). The summed E-state index contributed by atoms with van der Waals surface area (Å²) in [4.78, 5) is 12.3. The number of benzene rings is 1. The first-order chi connectivity index (χ1) is 8.25. The SMILES string of the molecule is O=C(/C=C/Nc1cccc(F)c1)c1cccs1. The van der Waals surface area contributed by atoms with Crippen LogP contribution >= 0.6 is 11.3 Å². The van der Waals surface area contributed by atoms with Crippen molar-refractivity contribution < 1.29 is 9.18 Å². The number of ketones is 1. The second-order valence-corrected chi connectivity index (χ2v) is 4.28. The van der Waals surface area contributed by atoms with E-state index in [-0.39, 0.29) is 11.6 Å². The Morgan fingerprint density at radius 3 is 2.88 bits per heavy atom. The van der Waals surface area contributed by atoms with Crippen molar-refractivity contribution in [3.8, 4) is 0 Å². The summed E-state index contributed by atoms with van der Waals surface area (Å²) in [6, 6.07) is 9.65. The highest BCUT2D eigenvalue weighted by molar-refractivity contribution is 7.12. The van der Waals surface area contributed by atoms with Gasteiger partial charge in [0.2, 0.25) is 0 Å². The van der Waals surface area contributed by atoms with Gasteiger partial charge < -0.3 is 5.32 Å². The van der Waals surface area contributed by atoms with Gasteiger partial charge in [-0.3, -0.25) is 4.79 Å². The highest BCUT2D eigenvalue weighted by atomic mass is 32.1. The van der Waals surface area contributed by atoms with Crippen molar-refractivity contribution in [2.24, 2.45) is 0 Å². The van der Waals surface area contributed by atoms with Gasteiger partial charge in [-0.25, -0.2) is 4.39 Å². The molecule has 0 amide bonds. The number of carbonyl (C=O) groups is 1. The third kappa shape index (κ3) is 3.26. The average molecular weight is 247 g/mol. The number of hydrogen-bond acceptors (Lipinski definition) is 3. The molecule has 0 aliphatic carbocycles. The van der Waals surface area contributed by atoms with Crippen molar-refractivity contribution >= 4 is 22.8 Å². The van der Waals surface area contributed by atoms with E-state index in [1.165, 1.54) is 35.7 Å². The molecule has 0 atom stereocenters. The second-order valence-electron chi connectivity index (χ2n) is 3.33. The van der Waals surface area contributed by atoms with Gasteiger partial charge in [0.1, 0.15) is 5.82 Å². The number of halogens is 1. The van der Waals surface area contributed by atoms with Crippen molar-refractivity contribution in [1.82, 2.24) is 0 Å². The molecule has 1 heterocycles. The fourth-order valence-corrected chi connectivity index (χ4v) is 1.94. The topological polar surface area (TPSA) is 29.1 Å². The van der Waals surface area contributed by atoms with E-state index in [2.05, 4.69) is 5.32 Å². The summed E-state index contributed by atoms with van der Waals surface area (Å²) in [7, 11) is 0. The molecule has 0 saturated carbocycles. The summed E-state index contributed by atoms with van der Waals surface area (Å²) in [5.74, 6) is -0.378. The lowest BCUT2D eigenvalue weighted by Gasteiger charge is -1.99. The van der Waals surface area contributed by atoms with E-state index in [1.807, 2.05) is 11.4 Å². The molecule has 4 heteroatoms. The van der Waals surface area contributed by atoms with E-state index in [0.29, 0.717) is 10.6 Å². The summed E-state index contributed by atoms with van der Waals surface area (Å²) >= 11 is 1.39. The Hall–Kier alpha value is -1.94. The Bertz CT molecular complexity index is 534. The van der Waals surface area contributed by atoms with E-state index in [9.17, 15) is 9.18 Å². The number of nitrogens with one attached hydrogen (secondary N) is 1. The first-order valence-corrected chi connectivity index (χ1v) is 5.90. The molecule has 2 aromatic rings. The van der Waals surface area contributed by atoms with Gasteiger partial charge >= 0.3 is 0 Å². The molecular weight excluding hydrogens is 237 g/mol. The van der Waals surface area contributed by atoms with Gasteiger partial charge in [0.15, 0.2) is 5.78 Å². The Morgan fingerprint density at radius 1 is 1.29 bits per heavy atom. The molecule has 0 fully saturated rings. The maximum Gasteiger partial charge on any atom is 0.197 e. The lowest BCUT2D eigenvalue weighted by atomic mass is 10.3. The summed E-state index contributed by atoms with van der Waals surface area (Å²) in [6.45, 7) is 0. The first-order valence-electron chi connectivity index (χ1n) is 5.02. The Kier molecular flexibility index (Phi) is 3.67. The third-order valence-electron chi connectivity index (χ3n) is 2.07. The molecule has 0 aliphatic rings. The number of hydrogen-bond donors (Lipinski definition) is 1. The van der Waals surface area contributed by atoms with Crippen LogP contribution in [0.4, 0.5) is 10.1 Å². The quantitative estimate of drug-likeness (QED) is 0.659. The van der Waals surface area contributed by atoms with Crippen molar-refractivity contribution in [3.63, 3.8) is 0 Å². The van der Waals surface area contributed by atoms with Crippen molar-refractivity contribution in [3.05, 3.63) is 64.7 Å². The molecule has 86 valence electrons. The van der Waals surface area contributed by atoms with Crippen LogP contribution < -0.4 is 5.32 Å². The maximum absolute atomic E-state index is 12.8. The normalized spacial score (nSPS) is 10.6. The van der Waals surface area contributed by atoms with Crippen LogP contribution in [0.25, 0.3) is 0 Å². The minimum Gasteiger partial charge on any atom is -0.361 e. The van der Waals surface area contributed by atoms with Crippen molar-refractivity contribution in [2.75, 3.05) is 5.32 Å². The lowest BCUT2D eigenvalue weighted by molar-refractivity contribution is 0.105. The Labute approximate surface area is 102 Å². The van der Waals surface area contributed by atoms with Crippen LogP contribution in [0.1, 0.15) is 9.67 Å². The fourth-order valence-electron chi connectivity index (χ4n) is 1.29. The standard InChI is InChI=1S/C13H10FNOS/c14-10-3-1-4-11(9-10)15-7-6-12(16)13-5-2-8-17-13/h1-9,15H/b7-6+. The molecule has 1 aromatic carbocycles. The molecule has 0 saturated heterocycles. The zero-order chi connectivity index (χ0) is 12.1. The van der Waals surface area contributed by atoms with E-state index in [1.54, 1.807) is 18.2 Å². The molecule has 0 aliphatic heterocycles. The first kappa shape index (κ1) is 11.5. The zero-order valence-electron chi connectivity index (χ0n) is 8.89. The minimum absolute atomic E-state index is 0.0658. The van der Waals surface area contributed by atoms with E-state index in [4.69, 9.17) is 0 Å². The molecule has 0 unspecified atom stereocenters. The van der Waals surface area contributed by atoms with E-state index in [0.717, 1.165) is 0 Å². The van der Waals surface area contributed by atoms with E-state index >= 15 is 0 Å². The highest BCUT2D eigenvalue weighted by Crippen LogP contribution is 2.11. The number of anilines is 1. The molecule has 1 aromatic heterocycles. The molecular formula is C13H10FNOS. The Balaban J connectivity index is 1.96. The predicted molar refractivity (Wildman–Crippen MR) is 67.8 cm³/mol. The largest absolute Gasteiger partial charge is 0.361 e. The van der Waals surface area contributed by atoms with Crippen LogP contribution in [-0.4, -0.2) is 5.78 Å². The predicted octanol–water partition coefficient (Wildman–Crippen LogP) is 3.70. The summed E-state index contributed by atoms with van der Waals surface area (Å²) in [6.07, 6.45) is 2.94. The summed E-state index contributed by atoms with van der Waals surface area (Å²) in [5, 5.41) is 4.69. The summed E-state index contributed by atoms with van der Waals surface area (Å²) < 4.78 is 12.8. The van der Waals surface area contributed by atoms with Gasteiger partial charge in [0.25, 0.3) is 0 Å². The van der Waals surface area contributed by atoms with Gasteiger partial charge in [0.05, 0.1) is 4.88 Å². The van der Waals surface area contributed by atoms with Crippen molar-refractivity contribution in [1.29, 1.82) is 0 Å². The van der Waals surface area contributed by atoms with Crippen LogP contribution in [-0.2, 0) is 0 Å². The number of thiophene rings is 1. The molecule has 1 N–H and O–H groups in total. The van der Waals surface area contributed by atoms with Crippen LogP contribution in [0.3, 0.4) is 0 Å². The third-order valence-corrected chi connectivity index (χ3v) is 2.96. The van der Waals surface area contributed by atoms with Crippen LogP contribution in [0.15, 0.2) is 54.1 Å². The molecule has 2 nitrogen and oxygen atoms in total. The zero-order valence-corrected chi connectivity index (χ0v) is 9.71. The maximum atomic E-state index is 12.8. The summed E-state index contributed by atoms with van der Waals surface area (Å²) in [5.41, 5.74) is 0.611. The number of rotatable bonds is 4. The molecule has 0 radical (unpaired) electrons. The minimum atomic E-state index is -0.312. The van der Waals surface area contributed by atoms with Crippen LogP contribution in [0.5, 0.6) is 0 Å². The van der Waals surface area contributed by atoms with Gasteiger partial charge in [-0.1, -0.05) is 12.1 Å². The van der Waals surface area contributed by atoms with Crippen molar-refractivity contribution in [2.45, 2.75) is 0 Å². The van der Waals surface area contributed by atoms with Gasteiger partial charge in [0, 0.05) is 18.0 Å². The van der Waals surface area contributed by atoms with Crippen LogP contribution in [0.2, 0.25) is 0 Å². The molecule has 0 bridgehead atoms. The number of allylic oxidation sites excluding steroid dienone is 1. The molecule has 0 spiro atoms. The van der Waals surface area contributed by atoms with Gasteiger partial charge in [-0.05, 0) is 29.6 Å². The monoisotopic (exact) mass is 247 g/mol. The number of carbonyl (C=O) groups excluding carboxylic acids is 1. The Morgan fingerprint density at radius 2 is 2.18 bits per heavy atom. The van der Waals surface area contributed by atoms with Gasteiger partial charge in [-0.15, -0.1) is 11.3 Å². The smallest absolute Gasteiger partial charge is 0.197 e. The highest BCUT2D eigenvalue weighted by Gasteiger charge is 2.00. The lowest BCUT2D eigenvalue weighted by Crippen LogP contribution is -1.93. The second kappa shape index (κ2) is 5.41. The van der Waals surface area contributed by atoms with E-state index < -0.39 is 0 Å². The fraction of sp³-hybridized carbons (Fsp3) is 0.